The van der Waals surface area contributed by atoms with E-state index >= 15 is 0 Å². The SMILES string of the molecule is O=[N+]([O-])c1ccccc1O.[H-].[Na+]. The molecular formula is C6H6NNaO3. The number of hydrogen-bond donors (Lipinski definition) is 1. The summed E-state index contributed by atoms with van der Waals surface area (Å²) < 4.78 is 0. The molecule has 0 radical (unpaired) electrons. The van der Waals surface area contributed by atoms with Crippen LogP contribution in [0.1, 0.15) is 1.43 Å². The number of nitrogens with zero attached hydrogens (tertiary/aromatic N) is 1. The van der Waals surface area contributed by atoms with Crippen LogP contribution in [0.15, 0.2) is 24.3 Å². The summed E-state index contributed by atoms with van der Waals surface area (Å²) in [7, 11) is 0. The molecule has 0 bridgehead atoms. The van der Waals surface area contributed by atoms with Gasteiger partial charge >= 0.3 is 35.2 Å². The van der Waals surface area contributed by atoms with Crippen LogP contribution < -0.4 is 29.6 Å². The number of phenols is 1. The predicted octanol–water partition coefficient (Wildman–Crippen LogP) is -1.58. The fraction of sp³-hybridized carbons (Fsp3) is 0. The third-order valence-corrected chi connectivity index (χ3v) is 1.08. The summed E-state index contributed by atoms with van der Waals surface area (Å²) in [5.74, 6) is -0.299. The molecular weight excluding hydrogens is 157 g/mol. The van der Waals surface area contributed by atoms with Gasteiger partial charge < -0.3 is 6.53 Å². The van der Waals surface area contributed by atoms with Crippen molar-refractivity contribution in [1.29, 1.82) is 0 Å². The molecule has 4 nitrogen and oxygen atoms in total. The van der Waals surface area contributed by atoms with Gasteiger partial charge in [-0.3, -0.25) is 10.1 Å². The Morgan fingerprint density at radius 1 is 1.45 bits per heavy atom. The van der Waals surface area contributed by atoms with Crippen molar-refractivity contribution in [1.82, 2.24) is 0 Å². The molecule has 5 heteroatoms. The smallest absolute Gasteiger partial charge is 1.00 e. The van der Waals surface area contributed by atoms with Gasteiger partial charge in [0, 0.05) is 6.07 Å². The van der Waals surface area contributed by atoms with Crippen molar-refractivity contribution in [3.8, 4) is 5.75 Å². The summed E-state index contributed by atoms with van der Waals surface area (Å²) in [5.41, 5.74) is -0.262. The van der Waals surface area contributed by atoms with Crippen molar-refractivity contribution in [3.05, 3.63) is 34.4 Å². The first-order valence-electron chi connectivity index (χ1n) is 2.64. The zero-order chi connectivity index (χ0) is 7.56. The van der Waals surface area contributed by atoms with Gasteiger partial charge in [-0.25, -0.2) is 0 Å². The molecule has 0 saturated carbocycles. The van der Waals surface area contributed by atoms with E-state index in [9.17, 15) is 10.1 Å². The maximum absolute atomic E-state index is 10.1. The molecule has 1 aromatic rings. The average Bonchev–Trinajstić information content (AvgIpc) is 1.88. The summed E-state index contributed by atoms with van der Waals surface area (Å²) >= 11 is 0. The van der Waals surface area contributed by atoms with Crippen molar-refractivity contribution < 1.29 is 41.0 Å². The molecule has 0 fully saturated rings. The minimum Gasteiger partial charge on any atom is -1.00 e. The largest absolute Gasteiger partial charge is 1.00 e. The summed E-state index contributed by atoms with van der Waals surface area (Å²) in [6.45, 7) is 0. The molecule has 0 aliphatic rings. The van der Waals surface area contributed by atoms with Crippen LogP contribution in [-0.4, -0.2) is 10.0 Å². The molecule has 0 aliphatic carbocycles. The van der Waals surface area contributed by atoms with Crippen molar-refractivity contribution >= 4 is 5.69 Å². The standard InChI is InChI=1S/C6H5NO3.Na.H/c8-6-4-2-1-3-5(6)7(9)10;;/h1-4,8H;;/q;+1;-1. The van der Waals surface area contributed by atoms with Crippen LogP contribution in [0.2, 0.25) is 0 Å². The van der Waals surface area contributed by atoms with Gasteiger partial charge in [0.1, 0.15) is 0 Å². The number of hydrogen-bond acceptors (Lipinski definition) is 3. The monoisotopic (exact) mass is 163 g/mol. The summed E-state index contributed by atoms with van der Waals surface area (Å²) in [6.07, 6.45) is 0. The average molecular weight is 163 g/mol. The first-order chi connectivity index (χ1) is 4.72. The molecule has 0 amide bonds. The van der Waals surface area contributed by atoms with E-state index < -0.39 is 4.92 Å². The fourth-order valence-electron chi connectivity index (χ4n) is 0.619. The van der Waals surface area contributed by atoms with Crippen LogP contribution in [0.4, 0.5) is 5.69 Å². The second kappa shape index (κ2) is 4.33. The molecule has 0 saturated heterocycles. The Hall–Kier alpha value is -0.580. The first kappa shape index (κ1) is 10.4. The number of nitro groups is 1. The molecule has 1 rings (SSSR count). The number of phenolic OH excluding ortho intramolecular Hbond substituents is 1. The van der Waals surface area contributed by atoms with E-state index in [0.29, 0.717) is 0 Å². The Morgan fingerprint density at radius 3 is 2.36 bits per heavy atom. The third-order valence-electron chi connectivity index (χ3n) is 1.08. The van der Waals surface area contributed by atoms with Gasteiger partial charge in [-0.15, -0.1) is 0 Å². The number of benzene rings is 1. The summed E-state index contributed by atoms with van der Waals surface area (Å²) in [4.78, 5) is 9.44. The Kier molecular flexibility index (Phi) is 4.10. The van der Waals surface area contributed by atoms with Crippen LogP contribution in [-0.2, 0) is 0 Å². The Labute approximate surface area is 86.8 Å². The second-order valence-electron chi connectivity index (χ2n) is 1.75. The molecule has 54 valence electrons. The molecule has 0 atom stereocenters. The van der Waals surface area contributed by atoms with E-state index in [0.717, 1.165) is 0 Å². The molecule has 0 unspecified atom stereocenters. The molecule has 11 heavy (non-hydrogen) atoms. The maximum atomic E-state index is 10.1. The van der Waals surface area contributed by atoms with E-state index in [-0.39, 0.29) is 42.4 Å². The van der Waals surface area contributed by atoms with Crippen LogP contribution in [0.3, 0.4) is 0 Å². The van der Waals surface area contributed by atoms with Crippen LogP contribution in [0, 0.1) is 10.1 Å². The maximum Gasteiger partial charge on any atom is 1.00 e. The van der Waals surface area contributed by atoms with Crippen LogP contribution >= 0.6 is 0 Å². The van der Waals surface area contributed by atoms with E-state index in [2.05, 4.69) is 0 Å². The van der Waals surface area contributed by atoms with Gasteiger partial charge in [0.15, 0.2) is 5.75 Å². The van der Waals surface area contributed by atoms with E-state index in [1.807, 2.05) is 0 Å². The number of nitro benzene ring substituents is 1. The molecule has 1 aromatic carbocycles. The van der Waals surface area contributed by atoms with E-state index in [1.165, 1.54) is 24.3 Å². The number of aromatic hydroxyl groups is 1. The summed E-state index contributed by atoms with van der Waals surface area (Å²) in [6, 6.07) is 5.55. The van der Waals surface area contributed by atoms with E-state index in [1.54, 1.807) is 0 Å². The molecule has 0 aromatic heterocycles. The Morgan fingerprint density at radius 2 is 2.00 bits per heavy atom. The number of para-hydroxylation sites is 2. The zero-order valence-corrected chi connectivity index (χ0v) is 8.02. The third kappa shape index (κ3) is 2.49. The van der Waals surface area contributed by atoms with E-state index in [4.69, 9.17) is 5.11 Å². The van der Waals surface area contributed by atoms with Crippen molar-refractivity contribution in [2.75, 3.05) is 0 Å². The van der Waals surface area contributed by atoms with Gasteiger partial charge in [-0.05, 0) is 6.07 Å². The van der Waals surface area contributed by atoms with Crippen molar-refractivity contribution in [2.45, 2.75) is 0 Å². The molecule has 0 aliphatic heterocycles. The summed E-state index contributed by atoms with van der Waals surface area (Å²) in [5, 5.41) is 18.9. The molecule has 1 N–H and O–H groups in total. The zero-order valence-electron chi connectivity index (χ0n) is 7.02. The quantitative estimate of drug-likeness (QED) is 0.308. The normalized spacial score (nSPS) is 8.36. The Bertz CT molecular complexity index is 269. The predicted molar refractivity (Wildman–Crippen MR) is 35.9 cm³/mol. The van der Waals surface area contributed by atoms with Crippen LogP contribution in [0.25, 0.3) is 0 Å². The van der Waals surface area contributed by atoms with Gasteiger partial charge in [-0.1, -0.05) is 12.1 Å². The van der Waals surface area contributed by atoms with Crippen LogP contribution in [0.5, 0.6) is 5.75 Å². The number of rotatable bonds is 1. The minimum absolute atomic E-state index is 0. The Balaban J connectivity index is 0. The van der Waals surface area contributed by atoms with Crippen molar-refractivity contribution in [3.63, 3.8) is 0 Å². The molecule has 0 spiro atoms. The topological polar surface area (TPSA) is 63.4 Å². The second-order valence-corrected chi connectivity index (χ2v) is 1.75. The van der Waals surface area contributed by atoms with Crippen molar-refractivity contribution in [2.24, 2.45) is 0 Å². The van der Waals surface area contributed by atoms with Gasteiger partial charge in [0.2, 0.25) is 0 Å². The van der Waals surface area contributed by atoms with Gasteiger partial charge in [0.05, 0.1) is 4.92 Å². The first-order valence-corrected chi connectivity index (χ1v) is 2.64. The van der Waals surface area contributed by atoms with Gasteiger partial charge in [-0.2, -0.15) is 0 Å². The minimum atomic E-state index is -0.630. The van der Waals surface area contributed by atoms with Gasteiger partial charge in [0.25, 0.3) is 0 Å². The molecule has 0 heterocycles. The fourth-order valence-corrected chi connectivity index (χ4v) is 0.619.